The largest absolute Gasteiger partial charge is 0.488 e. The van der Waals surface area contributed by atoms with Crippen LogP contribution < -0.4 is 14.4 Å². The van der Waals surface area contributed by atoms with E-state index in [0.29, 0.717) is 11.6 Å². The number of carbonyl (C=O) groups excluding carboxylic acids is 1. The van der Waals surface area contributed by atoms with Crippen molar-refractivity contribution in [2.75, 3.05) is 24.6 Å². The molecule has 8 nitrogen and oxygen atoms in total. The molecule has 0 spiro atoms. The monoisotopic (exact) mass is 395 g/mol. The van der Waals surface area contributed by atoms with Crippen molar-refractivity contribution >= 4 is 38.6 Å². The van der Waals surface area contributed by atoms with Gasteiger partial charge in [-0.15, -0.1) is 0 Å². The molecule has 1 atom stereocenters. The summed E-state index contributed by atoms with van der Waals surface area (Å²) in [6.07, 6.45) is 4.85. The second-order valence-electron chi connectivity index (χ2n) is 6.52. The van der Waals surface area contributed by atoms with Gasteiger partial charge in [0.2, 0.25) is 0 Å². The van der Waals surface area contributed by atoms with Crippen molar-refractivity contribution in [1.29, 1.82) is 0 Å². The molecule has 9 heteroatoms. The summed E-state index contributed by atoms with van der Waals surface area (Å²) in [5.41, 5.74) is 2.71. The maximum Gasteiger partial charge on any atom is 0.258 e. The van der Waals surface area contributed by atoms with Crippen LogP contribution >= 0.6 is 0 Å². The van der Waals surface area contributed by atoms with Crippen molar-refractivity contribution < 1.29 is 13.7 Å². The van der Waals surface area contributed by atoms with Crippen LogP contribution in [-0.4, -0.2) is 44.6 Å². The molecule has 0 fully saturated rings. The fourth-order valence-electron chi connectivity index (χ4n) is 3.49. The first-order chi connectivity index (χ1) is 13.6. The molecule has 1 aromatic carbocycles. The third-order valence-electron chi connectivity index (χ3n) is 4.88. The van der Waals surface area contributed by atoms with Crippen LogP contribution in [0.1, 0.15) is 6.92 Å². The van der Waals surface area contributed by atoms with Gasteiger partial charge in [-0.05, 0) is 30.7 Å². The number of benzene rings is 1. The number of hydrogen-bond donors (Lipinski definition) is 1. The number of nitrogens with zero attached hydrogens (tertiary/aromatic N) is 4. The molecule has 2 aliphatic rings. The molecular formula is C19H17N5O3S. The van der Waals surface area contributed by atoms with Gasteiger partial charge in [-0.1, -0.05) is 6.07 Å². The highest BCUT2D eigenvalue weighted by Gasteiger charge is 2.23. The molecule has 5 rings (SSSR count). The zero-order chi connectivity index (χ0) is 19.3. The minimum Gasteiger partial charge on any atom is -0.488 e. The van der Waals surface area contributed by atoms with E-state index < -0.39 is 11.0 Å². The van der Waals surface area contributed by atoms with E-state index in [1.807, 2.05) is 30.5 Å². The van der Waals surface area contributed by atoms with Crippen molar-refractivity contribution in [1.82, 2.24) is 19.5 Å². The number of amides is 1. The molecule has 0 radical (unpaired) electrons. The third-order valence-corrected chi connectivity index (χ3v) is 5.94. The summed E-state index contributed by atoms with van der Waals surface area (Å²) in [6.45, 7) is 4.49. The summed E-state index contributed by atoms with van der Waals surface area (Å²) in [5.74, 6) is 1.28. The van der Waals surface area contributed by atoms with E-state index in [-0.39, 0.29) is 5.91 Å². The van der Waals surface area contributed by atoms with Gasteiger partial charge in [0.15, 0.2) is 27.6 Å². The van der Waals surface area contributed by atoms with Crippen molar-refractivity contribution in [2.45, 2.75) is 6.92 Å². The van der Waals surface area contributed by atoms with E-state index in [9.17, 15) is 9.00 Å². The molecule has 1 N–H and O–H groups in total. The maximum atomic E-state index is 12.0. The molecule has 0 bridgehead atoms. The minimum atomic E-state index is -1.59. The number of nitrogens with one attached hydrogen (secondary N) is 1. The Morgan fingerprint density at radius 1 is 1.25 bits per heavy atom. The molecule has 0 aliphatic carbocycles. The second kappa shape index (κ2) is 6.45. The SMILES string of the molecule is CCN1CCOc2cc(-c3ccc4c(cnn4C4=CC(=O)NS4=O)c3)cnc21. The number of likely N-dealkylation sites (N-methyl/N-ethyl adjacent to an activating group) is 1. The van der Waals surface area contributed by atoms with Crippen LogP contribution in [0.5, 0.6) is 5.75 Å². The lowest BCUT2D eigenvalue weighted by Crippen LogP contribution is -2.33. The standard InChI is InChI=1S/C19H17N5O3S/c1-2-23-5-6-27-16-8-13(10-20-19(16)23)12-3-4-15-14(7-12)11-21-24(15)18-9-17(25)22-28(18)26/h3-4,7-11H,2,5-6H2,1H3,(H,22,25). The molecule has 0 saturated heterocycles. The van der Waals surface area contributed by atoms with Crippen LogP contribution in [0.3, 0.4) is 0 Å². The van der Waals surface area contributed by atoms with Crippen molar-refractivity contribution in [2.24, 2.45) is 0 Å². The van der Waals surface area contributed by atoms with Gasteiger partial charge in [0.1, 0.15) is 6.61 Å². The zero-order valence-corrected chi connectivity index (χ0v) is 15.9. The van der Waals surface area contributed by atoms with Gasteiger partial charge < -0.3 is 9.64 Å². The van der Waals surface area contributed by atoms with Gasteiger partial charge in [0.25, 0.3) is 5.91 Å². The summed E-state index contributed by atoms with van der Waals surface area (Å²) in [7, 11) is -1.59. The molecule has 142 valence electrons. The first-order valence-corrected chi connectivity index (χ1v) is 10.1. The van der Waals surface area contributed by atoms with Gasteiger partial charge in [0, 0.05) is 29.8 Å². The molecule has 1 unspecified atom stereocenters. The number of hydrogen-bond acceptors (Lipinski definition) is 6. The van der Waals surface area contributed by atoms with Gasteiger partial charge in [0.05, 0.1) is 18.3 Å². The average Bonchev–Trinajstić information content (AvgIpc) is 3.28. The van der Waals surface area contributed by atoms with Crippen molar-refractivity contribution in [3.8, 4) is 16.9 Å². The topological polar surface area (TPSA) is 89.4 Å². The number of pyridine rings is 1. The average molecular weight is 395 g/mol. The van der Waals surface area contributed by atoms with Gasteiger partial charge in [-0.3, -0.25) is 9.52 Å². The maximum absolute atomic E-state index is 12.0. The Morgan fingerprint density at radius 2 is 2.14 bits per heavy atom. The fraction of sp³-hybridized carbons (Fsp3) is 0.211. The highest BCUT2D eigenvalue weighted by Crippen LogP contribution is 2.34. The predicted molar refractivity (Wildman–Crippen MR) is 107 cm³/mol. The Bertz CT molecular complexity index is 1170. The molecule has 2 aromatic heterocycles. The molecule has 1 amide bonds. The number of fused-ring (bicyclic) bond motifs is 2. The number of anilines is 1. The highest BCUT2D eigenvalue weighted by molar-refractivity contribution is 7.93. The van der Waals surface area contributed by atoms with Crippen molar-refractivity contribution in [3.63, 3.8) is 0 Å². The van der Waals surface area contributed by atoms with Crippen LogP contribution in [0.15, 0.2) is 42.7 Å². The van der Waals surface area contributed by atoms with E-state index in [1.54, 1.807) is 6.20 Å². The lowest BCUT2D eigenvalue weighted by molar-refractivity contribution is -0.114. The lowest BCUT2D eigenvalue weighted by atomic mass is 10.1. The van der Waals surface area contributed by atoms with Crippen LogP contribution in [0, 0.1) is 0 Å². The predicted octanol–water partition coefficient (Wildman–Crippen LogP) is 1.91. The fourth-order valence-corrected chi connectivity index (χ4v) is 4.35. The van der Waals surface area contributed by atoms with E-state index in [4.69, 9.17) is 4.74 Å². The Balaban J connectivity index is 1.54. The number of ether oxygens (including phenoxy) is 1. The summed E-state index contributed by atoms with van der Waals surface area (Å²) >= 11 is 0. The summed E-state index contributed by atoms with van der Waals surface area (Å²) in [4.78, 5) is 18.2. The summed E-state index contributed by atoms with van der Waals surface area (Å²) < 4.78 is 21.7. The molecule has 3 aromatic rings. The lowest BCUT2D eigenvalue weighted by Gasteiger charge is -2.29. The zero-order valence-electron chi connectivity index (χ0n) is 15.1. The number of aromatic nitrogens is 3. The van der Waals surface area contributed by atoms with Crippen LogP contribution in [0.25, 0.3) is 27.1 Å². The minimum absolute atomic E-state index is 0.330. The first-order valence-electron chi connectivity index (χ1n) is 8.94. The Hall–Kier alpha value is -3.20. The van der Waals surface area contributed by atoms with E-state index in [2.05, 4.69) is 26.6 Å². The van der Waals surface area contributed by atoms with E-state index in [0.717, 1.165) is 46.7 Å². The van der Waals surface area contributed by atoms with E-state index in [1.165, 1.54) is 10.8 Å². The van der Waals surface area contributed by atoms with Crippen molar-refractivity contribution in [3.05, 3.63) is 42.7 Å². The third kappa shape index (κ3) is 2.66. The second-order valence-corrected chi connectivity index (χ2v) is 7.68. The molecule has 0 saturated carbocycles. The molecule has 28 heavy (non-hydrogen) atoms. The molecule has 4 heterocycles. The Morgan fingerprint density at radius 3 is 2.93 bits per heavy atom. The van der Waals surface area contributed by atoms with E-state index >= 15 is 0 Å². The summed E-state index contributed by atoms with van der Waals surface area (Å²) in [6, 6.07) is 7.86. The van der Waals surface area contributed by atoms with Crippen LogP contribution in [0.4, 0.5) is 5.82 Å². The van der Waals surface area contributed by atoms with Crippen LogP contribution in [-0.2, 0) is 15.8 Å². The highest BCUT2D eigenvalue weighted by atomic mass is 32.2. The molecular weight excluding hydrogens is 378 g/mol. The smallest absolute Gasteiger partial charge is 0.258 e. The summed E-state index contributed by atoms with van der Waals surface area (Å²) in [5, 5.41) is 5.51. The normalized spacial score (nSPS) is 18.6. The van der Waals surface area contributed by atoms with Gasteiger partial charge in [-0.25, -0.2) is 13.9 Å². The number of carbonyl (C=O) groups is 1. The Labute approximate surface area is 163 Å². The molecule has 2 aliphatic heterocycles. The first kappa shape index (κ1) is 16.9. The van der Waals surface area contributed by atoms with Gasteiger partial charge >= 0.3 is 0 Å². The van der Waals surface area contributed by atoms with Crippen LogP contribution in [0.2, 0.25) is 0 Å². The quantitative estimate of drug-likeness (QED) is 0.729. The van der Waals surface area contributed by atoms with Gasteiger partial charge in [-0.2, -0.15) is 5.10 Å². The number of rotatable bonds is 3. The Kier molecular flexibility index (Phi) is 3.90.